The van der Waals surface area contributed by atoms with Crippen LogP contribution >= 0.6 is 0 Å². The second-order valence-corrected chi connectivity index (χ2v) is 6.36. The van der Waals surface area contributed by atoms with Crippen LogP contribution in [0.4, 0.5) is 5.69 Å². The Bertz CT molecular complexity index is 436. The highest BCUT2D eigenvalue weighted by atomic mass is 15.1. The van der Waals surface area contributed by atoms with Crippen LogP contribution in [0.3, 0.4) is 0 Å². The van der Waals surface area contributed by atoms with Gasteiger partial charge < -0.3 is 15.5 Å². The molecule has 20 heavy (non-hydrogen) atoms. The first-order valence-corrected chi connectivity index (χ1v) is 8.07. The van der Waals surface area contributed by atoms with Gasteiger partial charge in [0.25, 0.3) is 0 Å². The summed E-state index contributed by atoms with van der Waals surface area (Å²) < 4.78 is 0. The lowest BCUT2D eigenvalue weighted by Crippen LogP contribution is -2.34. The number of anilines is 1. The van der Waals surface area contributed by atoms with Crippen molar-refractivity contribution in [2.45, 2.75) is 32.2 Å². The van der Waals surface area contributed by atoms with Gasteiger partial charge in [0.2, 0.25) is 0 Å². The minimum atomic E-state index is 0.860. The third-order valence-electron chi connectivity index (χ3n) is 4.75. The number of para-hydroxylation sites is 1. The van der Waals surface area contributed by atoms with Gasteiger partial charge in [0.05, 0.1) is 0 Å². The molecule has 0 radical (unpaired) electrons. The molecule has 2 N–H and O–H groups in total. The van der Waals surface area contributed by atoms with Crippen molar-refractivity contribution in [1.29, 1.82) is 0 Å². The van der Waals surface area contributed by atoms with E-state index in [9.17, 15) is 0 Å². The van der Waals surface area contributed by atoms with Gasteiger partial charge in [-0.2, -0.15) is 0 Å². The maximum absolute atomic E-state index is 3.68. The normalized spacial score (nSPS) is 20.4. The molecule has 0 saturated carbocycles. The molecule has 0 amide bonds. The number of aryl methyl sites for hydroxylation is 1. The summed E-state index contributed by atoms with van der Waals surface area (Å²) in [6.45, 7) is 5.81. The fraction of sp³-hybridized carbons (Fsp3) is 0.647. The molecule has 1 fully saturated rings. The van der Waals surface area contributed by atoms with Crippen LogP contribution in [-0.4, -0.2) is 38.1 Å². The van der Waals surface area contributed by atoms with Crippen molar-refractivity contribution in [1.82, 2.24) is 10.2 Å². The van der Waals surface area contributed by atoms with E-state index in [1.54, 1.807) is 0 Å². The van der Waals surface area contributed by atoms with Gasteiger partial charge in [-0.25, -0.2) is 0 Å². The van der Waals surface area contributed by atoms with E-state index < -0.39 is 0 Å². The summed E-state index contributed by atoms with van der Waals surface area (Å²) in [5.74, 6) is 0.860. The van der Waals surface area contributed by atoms with Gasteiger partial charge in [-0.1, -0.05) is 18.2 Å². The summed E-state index contributed by atoms with van der Waals surface area (Å²) >= 11 is 0. The second-order valence-electron chi connectivity index (χ2n) is 6.36. The van der Waals surface area contributed by atoms with Crippen molar-refractivity contribution in [2.75, 3.05) is 38.5 Å². The van der Waals surface area contributed by atoms with Crippen molar-refractivity contribution >= 4 is 5.69 Å². The lowest BCUT2D eigenvalue weighted by Gasteiger charge is -2.29. The summed E-state index contributed by atoms with van der Waals surface area (Å²) in [6.07, 6.45) is 5.17. The predicted octanol–water partition coefficient (Wildman–Crippen LogP) is 2.48. The van der Waals surface area contributed by atoms with Crippen LogP contribution in [0, 0.1) is 5.92 Å². The first-order valence-electron chi connectivity index (χ1n) is 8.07. The molecule has 3 heteroatoms. The van der Waals surface area contributed by atoms with Crippen molar-refractivity contribution in [3.8, 4) is 0 Å². The molecule has 0 aliphatic carbocycles. The zero-order chi connectivity index (χ0) is 13.8. The Hall–Kier alpha value is -1.06. The number of hydrogen-bond donors (Lipinski definition) is 2. The molecular formula is C17H27N3. The SMILES string of the molecule is CN1CCC(CNCc2cccc3c2NCCC3)CC1. The van der Waals surface area contributed by atoms with Gasteiger partial charge in [0.15, 0.2) is 0 Å². The zero-order valence-electron chi connectivity index (χ0n) is 12.6. The second kappa shape index (κ2) is 6.59. The van der Waals surface area contributed by atoms with Gasteiger partial charge in [0.1, 0.15) is 0 Å². The molecule has 0 unspecified atom stereocenters. The number of fused-ring (bicyclic) bond motifs is 1. The standard InChI is InChI=1S/C17H27N3/c1-20-10-7-14(8-11-20)12-18-13-16-5-2-4-15-6-3-9-19-17(15)16/h2,4-5,14,18-19H,3,6-13H2,1H3. The summed E-state index contributed by atoms with van der Waals surface area (Å²) in [5, 5.41) is 7.26. The van der Waals surface area contributed by atoms with Crippen LogP contribution in [0.1, 0.15) is 30.4 Å². The van der Waals surface area contributed by atoms with Crippen molar-refractivity contribution in [2.24, 2.45) is 5.92 Å². The number of benzene rings is 1. The fourth-order valence-electron chi connectivity index (χ4n) is 3.41. The van der Waals surface area contributed by atoms with Crippen LogP contribution in [0.15, 0.2) is 18.2 Å². The minimum absolute atomic E-state index is 0.860. The van der Waals surface area contributed by atoms with Crippen LogP contribution in [0.25, 0.3) is 0 Å². The largest absolute Gasteiger partial charge is 0.385 e. The molecule has 0 bridgehead atoms. The van der Waals surface area contributed by atoms with Crippen LogP contribution in [0.5, 0.6) is 0 Å². The highest BCUT2D eigenvalue weighted by Gasteiger charge is 2.16. The average Bonchev–Trinajstić information content (AvgIpc) is 2.49. The Morgan fingerprint density at radius 2 is 2.15 bits per heavy atom. The van der Waals surface area contributed by atoms with E-state index in [1.807, 2.05) is 0 Å². The molecular weight excluding hydrogens is 246 g/mol. The van der Waals surface area contributed by atoms with E-state index in [-0.39, 0.29) is 0 Å². The summed E-state index contributed by atoms with van der Waals surface area (Å²) in [4.78, 5) is 2.44. The Balaban J connectivity index is 1.51. The molecule has 1 aromatic rings. The zero-order valence-corrected chi connectivity index (χ0v) is 12.6. The lowest BCUT2D eigenvalue weighted by molar-refractivity contribution is 0.216. The highest BCUT2D eigenvalue weighted by molar-refractivity contribution is 5.59. The smallest absolute Gasteiger partial charge is 0.0418 e. The summed E-state index contributed by atoms with van der Waals surface area (Å²) in [5.41, 5.74) is 4.33. The Morgan fingerprint density at radius 1 is 1.30 bits per heavy atom. The molecule has 3 nitrogen and oxygen atoms in total. The highest BCUT2D eigenvalue weighted by Crippen LogP contribution is 2.26. The monoisotopic (exact) mass is 273 g/mol. The van der Waals surface area contributed by atoms with Gasteiger partial charge in [-0.15, -0.1) is 0 Å². The van der Waals surface area contributed by atoms with Crippen LogP contribution in [-0.2, 0) is 13.0 Å². The van der Waals surface area contributed by atoms with E-state index >= 15 is 0 Å². The fourth-order valence-corrected chi connectivity index (χ4v) is 3.41. The third-order valence-corrected chi connectivity index (χ3v) is 4.75. The predicted molar refractivity (Wildman–Crippen MR) is 85.2 cm³/mol. The van der Waals surface area contributed by atoms with Crippen LogP contribution < -0.4 is 10.6 Å². The molecule has 110 valence electrons. The molecule has 1 saturated heterocycles. The Morgan fingerprint density at radius 3 is 3.00 bits per heavy atom. The quantitative estimate of drug-likeness (QED) is 0.882. The molecule has 0 spiro atoms. The first kappa shape index (κ1) is 13.9. The molecule has 2 aliphatic heterocycles. The number of nitrogens with one attached hydrogen (secondary N) is 2. The molecule has 3 rings (SSSR count). The maximum Gasteiger partial charge on any atom is 0.0418 e. The Labute approximate surface area is 122 Å². The van der Waals surface area contributed by atoms with Gasteiger partial charge in [-0.3, -0.25) is 0 Å². The maximum atomic E-state index is 3.68. The minimum Gasteiger partial charge on any atom is -0.385 e. The summed E-state index contributed by atoms with van der Waals surface area (Å²) in [6, 6.07) is 6.74. The average molecular weight is 273 g/mol. The van der Waals surface area contributed by atoms with Gasteiger partial charge in [0, 0.05) is 18.8 Å². The van der Waals surface area contributed by atoms with E-state index in [2.05, 4.69) is 40.8 Å². The third kappa shape index (κ3) is 3.33. The van der Waals surface area contributed by atoms with E-state index in [4.69, 9.17) is 0 Å². The molecule has 2 aliphatic rings. The molecule has 2 heterocycles. The van der Waals surface area contributed by atoms with Crippen molar-refractivity contribution in [3.63, 3.8) is 0 Å². The molecule has 0 atom stereocenters. The lowest BCUT2D eigenvalue weighted by atomic mass is 9.96. The van der Waals surface area contributed by atoms with E-state index in [1.165, 1.54) is 55.6 Å². The topological polar surface area (TPSA) is 27.3 Å². The summed E-state index contributed by atoms with van der Waals surface area (Å²) in [7, 11) is 2.23. The molecule has 0 aromatic heterocycles. The number of rotatable bonds is 4. The number of hydrogen-bond acceptors (Lipinski definition) is 3. The van der Waals surface area contributed by atoms with Crippen LogP contribution in [0.2, 0.25) is 0 Å². The van der Waals surface area contributed by atoms with Gasteiger partial charge >= 0.3 is 0 Å². The van der Waals surface area contributed by atoms with E-state index in [0.29, 0.717) is 0 Å². The Kier molecular flexibility index (Phi) is 4.58. The number of nitrogens with zero attached hydrogens (tertiary/aromatic N) is 1. The van der Waals surface area contributed by atoms with E-state index in [0.717, 1.165) is 25.6 Å². The van der Waals surface area contributed by atoms with Crippen molar-refractivity contribution < 1.29 is 0 Å². The number of likely N-dealkylation sites (tertiary alicyclic amines) is 1. The molecule has 1 aromatic carbocycles. The van der Waals surface area contributed by atoms with Gasteiger partial charge in [-0.05, 0) is 69.4 Å². The number of piperidine rings is 1. The van der Waals surface area contributed by atoms with Crippen molar-refractivity contribution in [3.05, 3.63) is 29.3 Å². The first-order chi connectivity index (χ1) is 9.83.